The van der Waals surface area contributed by atoms with Crippen LogP contribution < -0.4 is 9.64 Å². The smallest absolute Gasteiger partial charge is 0.336 e. The van der Waals surface area contributed by atoms with Crippen LogP contribution in [0.15, 0.2) is 6.07 Å². The van der Waals surface area contributed by atoms with E-state index in [4.69, 9.17) is 14.2 Å². The number of carbonyl (C=O) groups excluding carboxylic acids is 1. The summed E-state index contributed by atoms with van der Waals surface area (Å²) < 4.78 is 15.5. The van der Waals surface area contributed by atoms with Crippen molar-refractivity contribution in [2.24, 2.45) is 0 Å². The Bertz CT molecular complexity index is 481. The Hall–Kier alpha value is -1.89. The van der Waals surface area contributed by atoms with Gasteiger partial charge in [-0.1, -0.05) is 0 Å². The number of nitrogens with zero attached hydrogens (tertiary/aromatic N) is 3. The van der Waals surface area contributed by atoms with Crippen LogP contribution in [0.1, 0.15) is 12.7 Å². The number of rotatable bonds is 4. The third-order valence-electron chi connectivity index (χ3n) is 2.95. The highest BCUT2D eigenvalue weighted by Gasteiger charge is 2.28. The summed E-state index contributed by atoms with van der Waals surface area (Å²) in [6.45, 7) is 5.78. The third-order valence-corrected chi connectivity index (χ3v) is 2.95. The number of morpholine rings is 1. The molecule has 110 valence electrons. The first-order valence-corrected chi connectivity index (χ1v) is 6.57. The molecule has 0 radical (unpaired) electrons. The summed E-state index contributed by atoms with van der Waals surface area (Å²) >= 11 is 0. The van der Waals surface area contributed by atoms with Crippen LogP contribution in [0.4, 0.5) is 5.82 Å². The summed E-state index contributed by atoms with van der Waals surface area (Å²) in [4.78, 5) is 22.1. The number of methoxy groups -OCH3 is 1. The lowest BCUT2D eigenvalue weighted by Gasteiger charge is -2.32. The fraction of sp³-hybridized carbons (Fsp3) is 0.615. The van der Waals surface area contributed by atoms with E-state index in [9.17, 15) is 4.79 Å². The fourth-order valence-electron chi connectivity index (χ4n) is 2.04. The van der Waals surface area contributed by atoms with Gasteiger partial charge >= 0.3 is 5.97 Å². The van der Waals surface area contributed by atoms with Crippen LogP contribution in [0, 0.1) is 6.92 Å². The molecule has 0 bridgehead atoms. The van der Waals surface area contributed by atoms with E-state index in [1.807, 2.05) is 18.7 Å². The number of ether oxygens (including phenoxy) is 3. The van der Waals surface area contributed by atoms with Crippen molar-refractivity contribution >= 4 is 11.8 Å². The molecule has 2 rings (SSSR count). The number of hydrogen-bond donors (Lipinski definition) is 0. The summed E-state index contributed by atoms with van der Waals surface area (Å²) in [6.07, 6.45) is -0.584. The molecule has 0 aromatic carbocycles. The first-order chi connectivity index (χ1) is 9.63. The van der Waals surface area contributed by atoms with Crippen LogP contribution in [0.3, 0.4) is 0 Å². The van der Waals surface area contributed by atoms with Gasteiger partial charge in [-0.15, -0.1) is 0 Å². The Morgan fingerprint density at radius 1 is 1.55 bits per heavy atom. The molecule has 0 amide bonds. The molecule has 0 N–H and O–H groups in total. The normalized spacial score (nSPS) is 18.8. The quantitative estimate of drug-likeness (QED) is 0.747. The van der Waals surface area contributed by atoms with Gasteiger partial charge in [0.25, 0.3) is 0 Å². The van der Waals surface area contributed by atoms with Crippen LogP contribution in [-0.2, 0) is 14.3 Å². The predicted octanol–water partition coefficient (Wildman–Crippen LogP) is 0.562. The largest absolute Gasteiger partial charge is 0.478 e. The van der Waals surface area contributed by atoms with Gasteiger partial charge in [0, 0.05) is 12.6 Å². The van der Waals surface area contributed by atoms with Gasteiger partial charge in [-0.3, -0.25) is 0 Å². The van der Waals surface area contributed by atoms with E-state index in [1.165, 1.54) is 7.11 Å². The van der Waals surface area contributed by atoms with Crippen LogP contribution in [0.5, 0.6) is 5.88 Å². The Morgan fingerprint density at radius 2 is 2.35 bits per heavy atom. The molecule has 1 aliphatic rings. The molecule has 0 saturated carbocycles. The number of aryl methyl sites for hydroxylation is 1. The van der Waals surface area contributed by atoms with Gasteiger partial charge in [0.2, 0.25) is 5.88 Å². The maximum Gasteiger partial charge on any atom is 0.336 e. The van der Waals surface area contributed by atoms with Gasteiger partial charge < -0.3 is 19.1 Å². The monoisotopic (exact) mass is 281 g/mol. The maximum atomic E-state index is 11.5. The lowest BCUT2D eigenvalue weighted by atomic mass is 10.2. The van der Waals surface area contributed by atoms with Crippen molar-refractivity contribution in [2.45, 2.75) is 20.0 Å². The molecule has 1 aromatic heterocycles. The number of anilines is 1. The van der Waals surface area contributed by atoms with Gasteiger partial charge in [0.15, 0.2) is 6.10 Å². The molecule has 0 aliphatic carbocycles. The molecule has 1 unspecified atom stereocenters. The molecule has 1 aromatic rings. The minimum atomic E-state index is -0.584. The lowest BCUT2D eigenvalue weighted by Crippen LogP contribution is -2.47. The number of hydrogen-bond acceptors (Lipinski definition) is 7. The van der Waals surface area contributed by atoms with Crippen LogP contribution in [0.2, 0.25) is 0 Å². The van der Waals surface area contributed by atoms with Gasteiger partial charge in [0.1, 0.15) is 11.6 Å². The molecule has 1 aliphatic heterocycles. The van der Waals surface area contributed by atoms with Gasteiger partial charge in [-0.25, -0.2) is 9.78 Å². The van der Waals surface area contributed by atoms with Crippen molar-refractivity contribution in [3.05, 3.63) is 11.9 Å². The van der Waals surface area contributed by atoms with Crippen molar-refractivity contribution in [3.63, 3.8) is 0 Å². The fourth-order valence-corrected chi connectivity index (χ4v) is 2.04. The molecule has 20 heavy (non-hydrogen) atoms. The van der Waals surface area contributed by atoms with E-state index >= 15 is 0 Å². The van der Waals surface area contributed by atoms with Crippen LogP contribution in [0.25, 0.3) is 0 Å². The highest BCUT2D eigenvalue weighted by atomic mass is 16.6. The summed E-state index contributed by atoms with van der Waals surface area (Å²) in [5, 5.41) is 0. The molecular weight excluding hydrogens is 262 g/mol. The summed E-state index contributed by atoms with van der Waals surface area (Å²) in [5.41, 5.74) is 0. The lowest BCUT2D eigenvalue weighted by molar-refractivity contribution is -0.154. The Morgan fingerprint density at radius 3 is 3.05 bits per heavy atom. The first-order valence-electron chi connectivity index (χ1n) is 6.57. The van der Waals surface area contributed by atoms with Crippen molar-refractivity contribution in [1.29, 1.82) is 0 Å². The van der Waals surface area contributed by atoms with Crippen molar-refractivity contribution in [1.82, 2.24) is 9.97 Å². The van der Waals surface area contributed by atoms with Gasteiger partial charge in [-0.05, 0) is 13.8 Å². The predicted molar refractivity (Wildman–Crippen MR) is 71.9 cm³/mol. The molecule has 7 nitrogen and oxygen atoms in total. The molecule has 1 atom stereocenters. The summed E-state index contributed by atoms with van der Waals surface area (Å²) in [6, 6.07) is 1.77. The van der Waals surface area contributed by atoms with Crippen molar-refractivity contribution < 1.29 is 19.0 Å². The third kappa shape index (κ3) is 3.36. The standard InChI is InChI=1S/C13H19N3O4/c1-4-19-12-7-11(14-9(2)15-12)16-5-6-20-10(8-16)13(17)18-3/h7,10H,4-6,8H2,1-3H3. The van der Waals surface area contributed by atoms with E-state index in [1.54, 1.807) is 6.07 Å². The second-order valence-corrected chi connectivity index (χ2v) is 4.37. The zero-order chi connectivity index (χ0) is 14.5. The second-order valence-electron chi connectivity index (χ2n) is 4.37. The van der Waals surface area contributed by atoms with E-state index in [0.29, 0.717) is 38.0 Å². The first kappa shape index (κ1) is 14.5. The van der Waals surface area contributed by atoms with E-state index in [-0.39, 0.29) is 5.97 Å². The minimum Gasteiger partial charge on any atom is -0.478 e. The van der Waals surface area contributed by atoms with Crippen molar-refractivity contribution in [2.75, 3.05) is 38.3 Å². The molecule has 0 spiro atoms. The van der Waals surface area contributed by atoms with Gasteiger partial charge in [-0.2, -0.15) is 4.98 Å². The van der Waals surface area contributed by atoms with Crippen molar-refractivity contribution in [3.8, 4) is 5.88 Å². The Labute approximate surface area is 117 Å². The van der Waals surface area contributed by atoms with Crippen LogP contribution in [-0.4, -0.2) is 55.5 Å². The second kappa shape index (κ2) is 6.51. The molecule has 2 heterocycles. The molecule has 7 heteroatoms. The maximum absolute atomic E-state index is 11.5. The molecule has 1 fully saturated rings. The number of carbonyl (C=O) groups is 1. The zero-order valence-electron chi connectivity index (χ0n) is 12.0. The van der Waals surface area contributed by atoms with E-state index in [2.05, 4.69) is 9.97 Å². The molecular formula is C13H19N3O4. The number of aromatic nitrogens is 2. The van der Waals surface area contributed by atoms with E-state index < -0.39 is 6.10 Å². The highest BCUT2D eigenvalue weighted by molar-refractivity contribution is 5.75. The average Bonchev–Trinajstić information content (AvgIpc) is 2.46. The Balaban J connectivity index is 2.15. The number of esters is 1. The molecule has 1 saturated heterocycles. The summed E-state index contributed by atoms with van der Waals surface area (Å²) in [5.74, 6) is 1.53. The van der Waals surface area contributed by atoms with Crippen LogP contribution >= 0.6 is 0 Å². The average molecular weight is 281 g/mol. The summed E-state index contributed by atoms with van der Waals surface area (Å²) in [7, 11) is 1.35. The van der Waals surface area contributed by atoms with E-state index in [0.717, 1.165) is 5.82 Å². The highest BCUT2D eigenvalue weighted by Crippen LogP contribution is 2.20. The SMILES string of the molecule is CCOc1cc(N2CCOC(C(=O)OC)C2)nc(C)n1. The van der Waals surface area contributed by atoms with Gasteiger partial charge in [0.05, 0.1) is 26.9 Å². The Kier molecular flexibility index (Phi) is 4.73. The minimum absolute atomic E-state index is 0.370. The zero-order valence-corrected chi connectivity index (χ0v) is 12.0. The topological polar surface area (TPSA) is 73.8 Å².